The van der Waals surface area contributed by atoms with Crippen molar-refractivity contribution in [3.63, 3.8) is 0 Å². The van der Waals surface area contributed by atoms with Gasteiger partial charge in [-0.1, -0.05) is 37.1 Å². The molecule has 1 aliphatic heterocycles. The highest BCUT2D eigenvalue weighted by Gasteiger charge is 2.45. The summed E-state index contributed by atoms with van der Waals surface area (Å²) in [5, 5.41) is 0. The third-order valence-electron chi connectivity index (χ3n) is 5.95. The molecule has 0 unspecified atom stereocenters. The Morgan fingerprint density at radius 2 is 2.00 bits per heavy atom. The lowest BCUT2D eigenvalue weighted by atomic mass is 9.63. The zero-order valence-electron chi connectivity index (χ0n) is 12.9. The quantitative estimate of drug-likeness (QED) is 0.626. The predicted molar refractivity (Wildman–Crippen MR) is 79.9 cm³/mol. The Balaban J connectivity index is 1.82. The Morgan fingerprint density at radius 3 is 2.68 bits per heavy atom. The normalized spacial score (nSPS) is 46.5. The molecule has 2 aliphatic carbocycles. The van der Waals surface area contributed by atoms with Crippen molar-refractivity contribution in [3.05, 3.63) is 23.3 Å². The van der Waals surface area contributed by atoms with Gasteiger partial charge in [0.15, 0.2) is 0 Å². The summed E-state index contributed by atoms with van der Waals surface area (Å²) in [6.45, 7) is 10.4. The molecule has 0 aromatic carbocycles. The van der Waals surface area contributed by atoms with Crippen LogP contribution in [0.2, 0.25) is 0 Å². The lowest BCUT2D eigenvalue weighted by Gasteiger charge is -2.50. The van der Waals surface area contributed by atoms with E-state index in [2.05, 4.69) is 39.8 Å². The standard InChI is InChI=1S/C18H28O/c1-11-5-7-15(8-6-11)18-17-13(3)9-12(2)16(10-19-18)14(17)4/h5,9,12,14-18H,6-8,10H2,1-4H3/t12-,14-,15+,16+,17-,18-/m0/s1. The summed E-state index contributed by atoms with van der Waals surface area (Å²) in [5.74, 6) is 3.65. The zero-order chi connectivity index (χ0) is 13.6. The highest BCUT2D eigenvalue weighted by atomic mass is 16.5. The summed E-state index contributed by atoms with van der Waals surface area (Å²) in [6.07, 6.45) is 9.26. The van der Waals surface area contributed by atoms with E-state index in [0.29, 0.717) is 17.9 Å². The van der Waals surface area contributed by atoms with Crippen molar-refractivity contribution in [2.75, 3.05) is 6.61 Å². The third-order valence-corrected chi connectivity index (χ3v) is 5.95. The van der Waals surface area contributed by atoms with E-state index in [4.69, 9.17) is 4.74 Å². The van der Waals surface area contributed by atoms with Crippen LogP contribution in [0.3, 0.4) is 0 Å². The Labute approximate surface area is 118 Å². The SMILES string of the molecule is CC1=CC[C@@H]([C@@H]2OC[C@H]3[C@H](C)[C@@H]2C(C)=C[C@@H]3C)CC1. The smallest absolute Gasteiger partial charge is 0.0674 e. The van der Waals surface area contributed by atoms with Crippen molar-refractivity contribution in [3.8, 4) is 0 Å². The number of ether oxygens (including phenoxy) is 1. The van der Waals surface area contributed by atoms with E-state index in [1.807, 2.05) is 0 Å². The molecule has 6 atom stereocenters. The molecule has 106 valence electrons. The predicted octanol–water partition coefficient (Wildman–Crippen LogP) is 4.60. The molecule has 0 spiro atoms. The molecule has 1 nitrogen and oxygen atoms in total. The summed E-state index contributed by atoms with van der Waals surface area (Å²) < 4.78 is 6.36. The van der Waals surface area contributed by atoms with E-state index in [1.54, 1.807) is 11.1 Å². The molecule has 1 fully saturated rings. The van der Waals surface area contributed by atoms with E-state index in [-0.39, 0.29) is 0 Å². The minimum Gasteiger partial charge on any atom is -0.377 e. The molecule has 1 saturated heterocycles. The van der Waals surface area contributed by atoms with Gasteiger partial charge in [0, 0.05) is 5.92 Å². The lowest BCUT2D eigenvalue weighted by Crippen LogP contribution is -2.49. The molecular weight excluding hydrogens is 232 g/mol. The first-order chi connectivity index (χ1) is 9.08. The first kappa shape index (κ1) is 13.4. The van der Waals surface area contributed by atoms with E-state index in [0.717, 1.165) is 24.4 Å². The fourth-order valence-corrected chi connectivity index (χ4v) is 4.71. The summed E-state index contributed by atoms with van der Waals surface area (Å²) in [4.78, 5) is 0. The summed E-state index contributed by atoms with van der Waals surface area (Å²) in [7, 11) is 0. The molecule has 1 heteroatoms. The van der Waals surface area contributed by atoms with Crippen LogP contribution in [0.25, 0.3) is 0 Å². The lowest BCUT2D eigenvalue weighted by molar-refractivity contribution is -0.117. The molecule has 1 heterocycles. The van der Waals surface area contributed by atoms with Gasteiger partial charge in [0.1, 0.15) is 0 Å². The molecule has 0 radical (unpaired) electrons. The molecule has 0 amide bonds. The molecule has 3 aliphatic rings. The highest BCUT2D eigenvalue weighted by molar-refractivity contribution is 5.18. The van der Waals surface area contributed by atoms with E-state index < -0.39 is 0 Å². The first-order valence-electron chi connectivity index (χ1n) is 8.03. The maximum atomic E-state index is 6.36. The number of fused-ring (bicyclic) bond motifs is 2. The fourth-order valence-electron chi connectivity index (χ4n) is 4.71. The van der Waals surface area contributed by atoms with Crippen LogP contribution in [0.5, 0.6) is 0 Å². The van der Waals surface area contributed by atoms with Crippen LogP contribution in [0.4, 0.5) is 0 Å². The Bertz CT molecular complexity index is 406. The fraction of sp³-hybridized carbons (Fsp3) is 0.778. The van der Waals surface area contributed by atoms with Crippen LogP contribution in [0, 0.1) is 29.6 Å². The minimum absolute atomic E-state index is 0.472. The molecular formula is C18H28O. The van der Waals surface area contributed by atoms with Crippen molar-refractivity contribution in [1.82, 2.24) is 0 Å². The second kappa shape index (κ2) is 5.09. The second-order valence-electron chi connectivity index (χ2n) is 7.20. The van der Waals surface area contributed by atoms with Gasteiger partial charge in [-0.2, -0.15) is 0 Å². The largest absolute Gasteiger partial charge is 0.377 e. The molecule has 2 bridgehead atoms. The highest BCUT2D eigenvalue weighted by Crippen LogP contribution is 2.47. The molecule has 3 rings (SSSR count). The zero-order valence-corrected chi connectivity index (χ0v) is 12.9. The second-order valence-corrected chi connectivity index (χ2v) is 7.20. The van der Waals surface area contributed by atoms with Gasteiger partial charge in [-0.05, 0) is 56.8 Å². The van der Waals surface area contributed by atoms with Gasteiger partial charge in [-0.15, -0.1) is 0 Å². The van der Waals surface area contributed by atoms with E-state index in [9.17, 15) is 0 Å². The minimum atomic E-state index is 0.472. The molecule has 0 aromatic heterocycles. The molecule has 0 N–H and O–H groups in total. The van der Waals surface area contributed by atoms with Crippen LogP contribution < -0.4 is 0 Å². The van der Waals surface area contributed by atoms with Crippen LogP contribution in [0.15, 0.2) is 23.3 Å². The third kappa shape index (κ3) is 2.31. The van der Waals surface area contributed by atoms with Crippen molar-refractivity contribution in [2.45, 2.75) is 53.1 Å². The van der Waals surface area contributed by atoms with Gasteiger partial charge >= 0.3 is 0 Å². The van der Waals surface area contributed by atoms with E-state index >= 15 is 0 Å². The average molecular weight is 260 g/mol. The Hall–Kier alpha value is -0.560. The Kier molecular flexibility index (Phi) is 3.59. The first-order valence-corrected chi connectivity index (χ1v) is 8.03. The summed E-state index contributed by atoms with van der Waals surface area (Å²) in [5.41, 5.74) is 3.16. The molecule has 0 aromatic rings. The maximum Gasteiger partial charge on any atom is 0.0674 e. The van der Waals surface area contributed by atoms with Crippen molar-refractivity contribution in [1.29, 1.82) is 0 Å². The molecule has 19 heavy (non-hydrogen) atoms. The Morgan fingerprint density at radius 1 is 1.21 bits per heavy atom. The monoisotopic (exact) mass is 260 g/mol. The summed E-state index contributed by atoms with van der Waals surface area (Å²) in [6, 6.07) is 0. The average Bonchev–Trinajstić information content (AvgIpc) is 2.37. The van der Waals surface area contributed by atoms with Gasteiger partial charge in [-0.3, -0.25) is 0 Å². The molecule has 0 saturated carbocycles. The number of hydrogen-bond acceptors (Lipinski definition) is 1. The van der Waals surface area contributed by atoms with E-state index in [1.165, 1.54) is 19.3 Å². The van der Waals surface area contributed by atoms with Gasteiger partial charge in [0.2, 0.25) is 0 Å². The van der Waals surface area contributed by atoms with Crippen molar-refractivity contribution >= 4 is 0 Å². The van der Waals surface area contributed by atoms with Crippen molar-refractivity contribution in [2.24, 2.45) is 29.6 Å². The van der Waals surface area contributed by atoms with Crippen LogP contribution >= 0.6 is 0 Å². The van der Waals surface area contributed by atoms with Crippen LogP contribution in [-0.4, -0.2) is 12.7 Å². The number of hydrogen-bond donors (Lipinski definition) is 0. The van der Waals surface area contributed by atoms with Gasteiger partial charge in [-0.25, -0.2) is 0 Å². The van der Waals surface area contributed by atoms with Crippen LogP contribution in [0.1, 0.15) is 47.0 Å². The maximum absolute atomic E-state index is 6.36. The number of allylic oxidation sites excluding steroid dienone is 3. The van der Waals surface area contributed by atoms with Gasteiger partial charge in [0.05, 0.1) is 12.7 Å². The van der Waals surface area contributed by atoms with Crippen LogP contribution in [-0.2, 0) is 4.74 Å². The van der Waals surface area contributed by atoms with Crippen molar-refractivity contribution < 1.29 is 4.74 Å². The number of rotatable bonds is 1. The topological polar surface area (TPSA) is 9.23 Å². The summed E-state index contributed by atoms with van der Waals surface area (Å²) >= 11 is 0. The van der Waals surface area contributed by atoms with Gasteiger partial charge < -0.3 is 4.74 Å². The van der Waals surface area contributed by atoms with Gasteiger partial charge in [0.25, 0.3) is 0 Å².